The summed E-state index contributed by atoms with van der Waals surface area (Å²) in [5.74, 6) is 0.831. The molecule has 0 aliphatic carbocycles. The summed E-state index contributed by atoms with van der Waals surface area (Å²) < 4.78 is 5.23. The van der Waals surface area contributed by atoms with Crippen LogP contribution < -0.4 is 10.1 Å². The van der Waals surface area contributed by atoms with Crippen molar-refractivity contribution in [2.45, 2.75) is 19.9 Å². The number of carbonyl (C=O) groups is 1. The lowest BCUT2D eigenvalue weighted by Crippen LogP contribution is -2.33. The molecule has 0 aliphatic rings. The number of pyridine rings is 1. The largest absolute Gasteiger partial charge is 0.495 e. The van der Waals surface area contributed by atoms with E-state index >= 15 is 0 Å². The molecule has 0 bridgehead atoms. The van der Waals surface area contributed by atoms with Crippen molar-refractivity contribution >= 4 is 29.1 Å². The average Bonchev–Trinajstić information content (AvgIpc) is 2.74. The quantitative estimate of drug-likeness (QED) is 0.646. The van der Waals surface area contributed by atoms with Crippen LogP contribution in [0.15, 0.2) is 48.8 Å². The molecule has 0 atom stereocenters. The van der Waals surface area contributed by atoms with E-state index in [2.05, 4.69) is 20.3 Å². The lowest BCUT2D eigenvalue weighted by atomic mass is 10.1. The second-order valence-corrected chi connectivity index (χ2v) is 7.09. The third-order valence-electron chi connectivity index (χ3n) is 4.43. The highest BCUT2D eigenvalue weighted by atomic mass is 35.5. The van der Waals surface area contributed by atoms with E-state index in [1.165, 1.54) is 0 Å². The Hall–Kier alpha value is -3.19. The van der Waals surface area contributed by atoms with Gasteiger partial charge in [0.2, 0.25) is 5.95 Å². The number of methoxy groups -OCH3 is 1. The van der Waals surface area contributed by atoms with Crippen LogP contribution >= 0.6 is 11.6 Å². The lowest BCUT2D eigenvalue weighted by Gasteiger charge is -2.21. The van der Waals surface area contributed by atoms with Gasteiger partial charge in [0.05, 0.1) is 17.8 Å². The molecular formula is C21H22ClN5O2. The molecule has 7 nitrogen and oxygen atoms in total. The molecule has 3 aromatic rings. The average molecular weight is 412 g/mol. The molecule has 150 valence electrons. The standard InChI is InChI=1S/C21H22ClN5O2/c1-13(2)27(3)20(28)18-11-14(7-9-23-18)17-8-10-24-21(26-17)25-15-5-6-16(22)19(12-15)29-4/h5-13H,1-4H3,(H,24,25,26). The van der Waals surface area contributed by atoms with Gasteiger partial charge in [-0.15, -0.1) is 0 Å². The Morgan fingerprint density at radius 3 is 2.62 bits per heavy atom. The molecule has 0 radical (unpaired) electrons. The number of nitrogens with one attached hydrogen (secondary N) is 1. The molecule has 3 rings (SSSR count). The van der Waals surface area contributed by atoms with Crippen LogP contribution in [0.4, 0.5) is 11.6 Å². The monoisotopic (exact) mass is 411 g/mol. The lowest BCUT2D eigenvalue weighted by molar-refractivity contribution is 0.0749. The van der Waals surface area contributed by atoms with Crippen molar-refractivity contribution in [1.29, 1.82) is 0 Å². The van der Waals surface area contributed by atoms with Gasteiger partial charge in [0.15, 0.2) is 0 Å². The van der Waals surface area contributed by atoms with Crippen LogP contribution in [-0.2, 0) is 0 Å². The fourth-order valence-electron chi connectivity index (χ4n) is 2.57. The van der Waals surface area contributed by atoms with E-state index in [9.17, 15) is 4.79 Å². The molecule has 29 heavy (non-hydrogen) atoms. The zero-order valence-corrected chi connectivity index (χ0v) is 17.4. The highest BCUT2D eigenvalue weighted by Crippen LogP contribution is 2.28. The first kappa shape index (κ1) is 20.5. The number of nitrogens with zero attached hydrogens (tertiary/aromatic N) is 4. The van der Waals surface area contributed by atoms with Crippen molar-refractivity contribution in [1.82, 2.24) is 19.9 Å². The number of hydrogen-bond acceptors (Lipinski definition) is 6. The molecule has 0 unspecified atom stereocenters. The minimum atomic E-state index is -0.137. The van der Waals surface area contributed by atoms with E-state index in [4.69, 9.17) is 16.3 Å². The maximum Gasteiger partial charge on any atom is 0.272 e. The van der Waals surface area contributed by atoms with E-state index in [1.54, 1.807) is 55.7 Å². The van der Waals surface area contributed by atoms with Crippen molar-refractivity contribution < 1.29 is 9.53 Å². The zero-order chi connectivity index (χ0) is 21.0. The zero-order valence-electron chi connectivity index (χ0n) is 16.7. The molecule has 1 amide bonds. The predicted molar refractivity (Wildman–Crippen MR) is 114 cm³/mol. The second kappa shape index (κ2) is 8.87. The van der Waals surface area contributed by atoms with Crippen molar-refractivity contribution in [2.75, 3.05) is 19.5 Å². The van der Waals surface area contributed by atoms with E-state index in [0.29, 0.717) is 28.1 Å². The summed E-state index contributed by atoms with van der Waals surface area (Å²) in [6.07, 6.45) is 3.26. The Morgan fingerprint density at radius 2 is 1.90 bits per heavy atom. The van der Waals surface area contributed by atoms with E-state index in [-0.39, 0.29) is 11.9 Å². The Kier molecular flexibility index (Phi) is 6.29. The number of halogens is 1. The molecular weight excluding hydrogens is 390 g/mol. The van der Waals surface area contributed by atoms with Gasteiger partial charge in [-0.3, -0.25) is 9.78 Å². The first-order valence-electron chi connectivity index (χ1n) is 9.06. The van der Waals surface area contributed by atoms with Crippen LogP contribution in [0.25, 0.3) is 11.3 Å². The van der Waals surface area contributed by atoms with Crippen LogP contribution in [0, 0.1) is 0 Å². The summed E-state index contributed by atoms with van der Waals surface area (Å²) in [4.78, 5) is 27.2. The molecule has 0 aliphatic heterocycles. The molecule has 0 fully saturated rings. The Balaban J connectivity index is 1.86. The number of rotatable bonds is 6. The minimum absolute atomic E-state index is 0.0826. The predicted octanol–water partition coefficient (Wildman–Crippen LogP) is 4.42. The summed E-state index contributed by atoms with van der Waals surface area (Å²) >= 11 is 6.07. The number of amides is 1. The fraction of sp³-hybridized carbons (Fsp3) is 0.238. The number of aromatic nitrogens is 3. The Bertz CT molecular complexity index is 1030. The number of benzene rings is 1. The van der Waals surface area contributed by atoms with Gasteiger partial charge in [0.1, 0.15) is 11.4 Å². The summed E-state index contributed by atoms with van der Waals surface area (Å²) in [5.41, 5.74) is 2.56. The maximum absolute atomic E-state index is 12.6. The first-order chi connectivity index (χ1) is 13.9. The number of anilines is 2. The van der Waals surface area contributed by atoms with E-state index in [0.717, 1.165) is 11.3 Å². The van der Waals surface area contributed by atoms with Gasteiger partial charge in [-0.1, -0.05) is 11.6 Å². The van der Waals surface area contributed by atoms with Gasteiger partial charge in [0.25, 0.3) is 5.91 Å². The SMILES string of the molecule is COc1cc(Nc2nccc(-c3ccnc(C(=O)N(C)C(C)C)c3)n2)ccc1Cl. The van der Waals surface area contributed by atoms with Crippen molar-refractivity contribution in [3.8, 4) is 17.0 Å². The molecule has 1 aromatic carbocycles. The van der Waals surface area contributed by atoms with Gasteiger partial charge < -0.3 is 15.0 Å². The van der Waals surface area contributed by atoms with Crippen LogP contribution in [0.3, 0.4) is 0 Å². The molecule has 0 saturated carbocycles. The fourth-order valence-corrected chi connectivity index (χ4v) is 2.76. The third-order valence-corrected chi connectivity index (χ3v) is 4.74. The normalized spacial score (nSPS) is 10.7. The van der Waals surface area contributed by atoms with Crippen molar-refractivity contribution in [2.24, 2.45) is 0 Å². The summed E-state index contributed by atoms with van der Waals surface area (Å²) in [6, 6.07) is 10.7. The number of hydrogen-bond donors (Lipinski definition) is 1. The molecule has 0 saturated heterocycles. The minimum Gasteiger partial charge on any atom is -0.495 e. The second-order valence-electron chi connectivity index (χ2n) is 6.68. The first-order valence-corrected chi connectivity index (χ1v) is 9.44. The summed E-state index contributed by atoms with van der Waals surface area (Å²) in [6.45, 7) is 3.91. The molecule has 2 heterocycles. The third kappa shape index (κ3) is 4.81. The van der Waals surface area contributed by atoms with Crippen LogP contribution in [0.2, 0.25) is 5.02 Å². The van der Waals surface area contributed by atoms with Crippen molar-refractivity contribution in [3.05, 3.63) is 59.5 Å². The smallest absolute Gasteiger partial charge is 0.272 e. The van der Waals surface area contributed by atoms with Gasteiger partial charge in [-0.05, 0) is 44.2 Å². The van der Waals surface area contributed by atoms with Crippen molar-refractivity contribution in [3.63, 3.8) is 0 Å². The highest BCUT2D eigenvalue weighted by molar-refractivity contribution is 6.32. The molecule has 8 heteroatoms. The molecule has 1 N–H and O–H groups in total. The number of carbonyl (C=O) groups excluding carboxylic acids is 1. The number of ether oxygens (including phenoxy) is 1. The topological polar surface area (TPSA) is 80.2 Å². The van der Waals surface area contributed by atoms with Gasteiger partial charge >= 0.3 is 0 Å². The summed E-state index contributed by atoms with van der Waals surface area (Å²) in [5, 5.41) is 3.66. The van der Waals surface area contributed by atoms with Gasteiger partial charge in [0, 0.05) is 42.8 Å². The van der Waals surface area contributed by atoms with E-state index in [1.807, 2.05) is 26.0 Å². The highest BCUT2D eigenvalue weighted by Gasteiger charge is 2.16. The van der Waals surface area contributed by atoms with Gasteiger partial charge in [-0.2, -0.15) is 0 Å². The molecule has 2 aromatic heterocycles. The van der Waals surface area contributed by atoms with Crippen LogP contribution in [0.5, 0.6) is 5.75 Å². The van der Waals surface area contributed by atoms with E-state index < -0.39 is 0 Å². The Morgan fingerprint density at radius 1 is 1.14 bits per heavy atom. The summed E-state index contributed by atoms with van der Waals surface area (Å²) in [7, 11) is 3.32. The van der Waals surface area contributed by atoms with Crippen LogP contribution in [-0.4, -0.2) is 46.0 Å². The maximum atomic E-state index is 12.6. The Labute approximate surface area is 174 Å². The molecule has 0 spiro atoms. The van der Waals surface area contributed by atoms with Crippen LogP contribution in [0.1, 0.15) is 24.3 Å². The van der Waals surface area contributed by atoms with Gasteiger partial charge in [-0.25, -0.2) is 9.97 Å².